The molecule has 0 atom stereocenters. The van der Waals surface area contributed by atoms with Crippen molar-refractivity contribution in [3.63, 3.8) is 0 Å². The van der Waals surface area contributed by atoms with Crippen LogP contribution >= 0.6 is 45.2 Å². The number of hydrogen-bond acceptors (Lipinski definition) is 11. The number of benzene rings is 2. The molecule has 0 radical (unpaired) electrons. The molecule has 0 amide bonds. The van der Waals surface area contributed by atoms with Crippen molar-refractivity contribution in [2.45, 2.75) is 0 Å². The van der Waals surface area contributed by atoms with Crippen molar-refractivity contribution in [3.05, 3.63) is 109 Å². The standard InChI is InChI=1S/C14H9FIN3O2.C9H7FN2O2.C5H3FIN.CH2O3.2Cs.H/c1-21-14(20)13-12-9(15)3-2-4-10(12)19(18-13)11-7-8(16)5-6-17-11;1-14-9(13)8-7-5(10)3-2-4-6(7)11-12-8;6-5-3-4(7)1-2-8-5;2-1-4-3;;;/h2-7H,1H3;2-4H,1H3,(H,11,12);1-3H;1,3H;;;/q;;;;2*+1;-1/p-1. The number of carbonyl (C=O) groups is 3. The van der Waals surface area contributed by atoms with Gasteiger partial charge in [-0.1, -0.05) is 12.1 Å². The van der Waals surface area contributed by atoms with Crippen LogP contribution in [0.1, 0.15) is 22.4 Å². The van der Waals surface area contributed by atoms with Crippen molar-refractivity contribution >= 4 is 85.4 Å². The van der Waals surface area contributed by atoms with Crippen molar-refractivity contribution in [1.82, 2.24) is 29.9 Å². The molecule has 246 valence electrons. The molecular weight excluding hydrogens is 1120 g/mol. The summed E-state index contributed by atoms with van der Waals surface area (Å²) in [6, 6.07) is 15.7. The van der Waals surface area contributed by atoms with Crippen LogP contribution in [0.4, 0.5) is 13.2 Å². The topological polar surface area (TPSA) is 174 Å². The number of methoxy groups -OCH3 is 2. The molecule has 0 aliphatic rings. The summed E-state index contributed by atoms with van der Waals surface area (Å²) >= 11 is 4.17. The zero-order chi connectivity index (χ0) is 34.5. The summed E-state index contributed by atoms with van der Waals surface area (Å²) in [6.45, 7) is -0.181. The third-order valence-corrected chi connectivity index (χ3v) is 6.95. The number of nitrogens with zero attached hydrogens (tertiary/aromatic N) is 5. The summed E-state index contributed by atoms with van der Waals surface area (Å²) in [5.41, 5.74) is 0.849. The largest absolute Gasteiger partial charge is 1.00 e. The number of halogens is 5. The van der Waals surface area contributed by atoms with Crippen LogP contribution in [0.15, 0.2) is 73.1 Å². The average molecular weight is 1140 g/mol. The number of fused-ring (bicyclic) bond motifs is 2. The van der Waals surface area contributed by atoms with Crippen LogP contribution in [-0.2, 0) is 19.2 Å². The van der Waals surface area contributed by atoms with Gasteiger partial charge in [0, 0.05) is 25.6 Å². The second-order valence-electron chi connectivity index (χ2n) is 8.43. The van der Waals surface area contributed by atoms with Gasteiger partial charge in [-0.3, -0.25) is 9.89 Å². The number of pyridine rings is 2. The van der Waals surface area contributed by atoms with Crippen molar-refractivity contribution in [3.8, 4) is 5.82 Å². The molecule has 0 fully saturated rings. The van der Waals surface area contributed by atoms with Crippen LogP contribution in [0.2, 0.25) is 0 Å². The molecule has 4 aromatic heterocycles. The Morgan fingerprint density at radius 3 is 1.94 bits per heavy atom. The van der Waals surface area contributed by atoms with E-state index in [0.717, 1.165) is 7.14 Å². The maximum absolute atomic E-state index is 14.1. The number of hydrogen-bond donors (Lipinski definition) is 1. The minimum Gasteiger partial charge on any atom is -1.00 e. The average Bonchev–Trinajstić information content (AvgIpc) is 3.69. The Morgan fingerprint density at radius 1 is 0.857 bits per heavy atom. The fourth-order valence-electron chi connectivity index (χ4n) is 3.70. The van der Waals surface area contributed by atoms with Crippen LogP contribution in [0.3, 0.4) is 0 Å². The molecule has 0 bridgehead atoms. The molecule has 0 aliphatic carbocycles. The number of nitrogens with one attached hydrogen (secondary N) is 1. The zero-order valence-electron chi connectivity index (χ0n) is 27.0. The summed E-state index contributed by atoms with van der Waals surface area (Å²) in [5.74, 6) is -2.26. The van der Waals surface area contributed by atoms with Gasteiger partial charge >= 0.3 is 150 Å². The van der Waals surface area contributed by atoms with E-state index in [2.05, 4.69) is 62.2 Å². The first-order chi connectivity index (χ1) is 22.6. The van der Waals surface area contributed by atoms with Gasteiger partial charge in [-0.25, -0.2) is 33.0 Å². The molecule has 13 nitrogen and oxygen atoms in total. The number of H-pyrrole nitrogens is 1. The SMILES string of the molecule is COC(=O)c1n[nH]c2cccc(F)c12.COC(=O)c1nn(-c2cc(I)ccn2)c2cccc(F)c12.Fc1cc(I)ccn1.O=CO[O-].[Cs+].[Cs+].[H-]. The molecule has 0 saturated heterocycles. The fourth-order valence-corrected chi connectivity index (χ4v) is 4.56. The molecule has 0 saturated carbocycles. The van der Waals surface area contributed by atoms with Crippen LogP contribution in [0.5, 0.6) is 0 Å². The fraction of sp³-hybridized carbons (Fsp3) is 0.0690. The normalized spacial score (nSPS) is 9.55. The Hall–Kier alpha value is -0.596. The van der Waals surface area contributed by atoms with Gasteiger partial charge in [0.15, 0.2) is 17.2 Å². The van der Waals surface area contributed by atoms with Crippen molar-refractivity contribution in [2.75, 3.05) is 14.2 Å². The first kappa shape index (κ1) is 46.4. The predicted octanol–water partition coefficient (Wildman–Crippen LogP) is -1.18. The maximum Gasteiger partial charge on any atom is 1.00 e. The third-order valence-electron chi connectivity index (χ3n) is 5.61. The Balaban J connectivity index is 0.000000718. The summed E-state index contributed by atoms with van der Waals surface area (Å²) in [6.07, 6.45) is 3.07. The van der Waals surface area contributed by atoms with E-state index in [1.165, 1.54) is 49.4 Å². The first-order valence-corrected chi connectivity index (χ1v) is 14.8. The molecule has 0 unspecified atom stereocenters. The summed E-state index contributed by atoms with van der Waals surface area (Å²) in [7, 11) is 2.46. The number of aromatic amines is 1. The Kier molecular flexibility index (Phi) is 22.6. The first-order valence-electron chi connectivity index (χ1n) is 12.6. The van der Waals surface area contributed by atoms with Gasteiger partial charge in [-0.15, -0.1) is 0 Å². The second kappa shape index (κ2) is 23.9. The summed E-state index contributed by atoms with van der Waals surface area (Å²) in [5, 5.41) is 19.1. The van der Waals surface area contributed by atoms with E-state index in [4.69, 9.17) is 10.1 Å². The van der Waals surface area contributed by atoms with Gasteiger partial charge in [0.25, 0.3) is 6.47 Å². The molecule has 49 heavy (non-hydrogen) atoms. The molecule has 1 N–H and O–H groups in total. The number of carbonyl (C=O) groups excluding carboxylic acids is 3. The molecule has 20 heteroatoms. The minimum atomic E-state index is -0.686. The number of ether oxygens (including phenoxy) is 2. The quantitative estimate of drug-likeness (QED) is 0.0563. The zero-order valence-corrected chi connectivity index (χ0v) is 42.9. The van der Waals surface area contributed by atoms with Crippen molar-refractivity contribution < 1.29 is 186 Å². The molecule has 2 aromatic carbocycles. The molecule has 0 spiro atoms. The summed E-state index contributed by atoms with van der Waals surface area (Å²) < 4.78 is 51.8. The molecule has 0 aliphatic heterocycles. The van der Waals surface area contributed by atoms with Gasteiger partial charge in [0.05, 0.1) is 36.0 Å². The van der Waals surface area contributed by atoms with E-state index in [1.807, 2.05) is 28.7 Å². The van der Waals surface area contributed by atoms with E-state index in [0.29, 0.717) is 16.9 Å². The van der Waals surface area contributed by atoms with Crippen LogP contribution in [0, 0.1) is 24.7 Å². The molecule has 6 aromatic rings. The number of rotatable bonds is 4. The Bertz CT molecular complexity index is 2010. The van der Waals surface area contributed by atoms with Gasteiger partial charge in [0.2, 0.25) is 5.95 Å². The maximum atomic E-state index is 14.1. The Morgan fingerprint density at radius 2 is 1.41 bits per heavy atom. The Labute approximate surface area is 422 Å². The number of aromatic nitrogens is 6. The predicted molar refractivity (Wildman–Crippen MR) is 175 cm³/mol. The molecule has 4 heterocycles. The minimum absolute atomic E-state index is 0. The molecule has 6 rings (SSSR count). The second-order valence-corrected chi connectivity index (χ2v) is 10.9. The number of esters is 2. The van der Waals surface area contributed by atoms with Crippen LogP contribution < -0.4 is 143 Å². The molecular formula is C29H21Cs2F3I2N6O7. The van der Waals surface area contributed by atoms with E-state index in [-0.39, 0.29) is 168 Å². The van der Waals surface area contributed by atoms with E-state index >= 15 is 0 Å². The van der Waals surface area contributed by atoms with Crippen molar-refractivity contribution in [2.24, 2.45) is 0 Å². The van der Waals surface area contributed by atoms with Crippen LogP contribution in [-0.4, -0.2) is 62.6 Å². The van der Waals surface area contributed by atoms with Crippen LogP contribution in [0.25, 0.3) is 27.6 Å². The van der Waals surface area contributed by atoms with Gasteiger partial charge < -0.3 is 21.0 Å². The van der Waals surface area contributed by atoms with Gasteiger partial charge in [-0.2, -0.15) is 14.6 Å². The van der Waals surface area contributed by atoms with Crippen molar-refractivity contribution in [1.29, 1.82) is 0 Å². The van der Waals surface area contributed by atoms with Gasteiger partial charge in [-0.05, 0) is 87.6 Å². The monoisotopic (exact) mass is 1140 g/mol. The van der Waals surface area contributed by atoms with Gasteiger partial charge in [0.1, 0.15) is 11.6 Å². The summed E-state index contributed by atoms with van der Waals surface area (Å²) in [4.78, 5) is 41.8. The van der Waals surface area contributed by atoms with E-state index in [9.17, 15) is 22.8 Å². The smallest absolute Gasteiger partial charge is 1.00 e. The van der Waals surface area contributed by atoms with E-state index in [1.54, 1.807) is 36.5 Å². The van der Waals surface area contributed by atoms with E-state index < -0.39 is 29.5 Å². The third kappa shape index (κ3) is 13.4.